The summed E-state index contributed by atoms with van der Waals surface area (Å²) in [6.45, 7) is 6.50. The van der Waals surface area contributed by atoms with Crippen molar-refractivity contribution < 1.29 is 4.79 Å². The van der Waals surface area contributed by atoms with Gasteiger partial charge < -0.3 is 10.2 Å². The molecule has 1 rings (SSSR count). The van der Waals surface area contributed by atoms with Crippen LogP contribution in [0.5, 0.6) is 0 Å². The Balaban J connectivity index is 2.97. The molecule has 1 N–H and O–H groups in total. The van der Waals surface area contributed by atoms with Crippen molar-refractivity contribution in [1.29, 1.82) is 0 Å². The van der Waals surface area contributed by atoms with Gasteiger partial charge in [0.2, 0.25) is 5.95 Å². The molecular weight excluding hydrogens is 234 g/mol. The molecule has 1 aromatic rings. The second-order valence-electron chi connectivity index (χ2n) is 5.64. The van der Waals surface area contributed by atoms with Crippen LogP contribution in [0.3, 0.4) is 0 Å². The Bertz CT molecular complexity index is 493. The third-order valence-electron chi connectivity index (χ3n) is 2.33. The van der Waals surface area contributed by atoms with E-state index in [-0.39, 0.29) is 5.41 Å². The van der Waals surface area contributed by atoms with Crippen molar-refractivity contribution in [1.82, 2.24) is 19.7 Å². The van der Waals surface area contributed by atoms with Gasteiger partial charge in [-0.15, -0.1) is 4.68 Å². The van der Waals surface area contributed by atoms with Crippen LogP contribution >= 0.6 is 0 Å². The molecule has 1 heterocycles. The van der Waals surface area contributed by atoms with Gasteiger partial charge in [-0.05, 0) is 5.41 Å². The van der Waals surface area contributed by atoms with Crippen LogP contribution in [0, 0.1) is 5.41 Å². The first kappa shape index (κ1) is 14.3. The molecule has 0 atom stereocenters. The van der Waals surface area contributed by atoms with Gasteiger partial charge in [0.05, 0.1) is 0 Å². The number of amides is 1. The quantitative estimate of drug-likeness (QED) is 0.822. The van der Waals surface area contributed by atoms with Crippen molar-refractivity contribution in [3.63, 3.8) is 0 Å². The first-order valence-corrected chi connectivity index (χ1v) is 5.75. The molecule has 18 heavy (non-hydrogen) atoms. The van der Waals surface area contributed by atoms with Crippen LogP contribution in [-0.2, 0) is 7.05 Å². The molecule has 0 unspecified atom stereocenters. The van der Waals surface area contributed by atoms with Crippen LogP contribution in [0.2, 0.25) is 0 Å². The van der Waals surface area contributed by atoms with E-state index >= 15 is 0 Å². The molecule has 0 aliphatic heterocycles. The Morgan fingerprint density at radius 2 is 1.94 bits per heavy atom. The molecule has 0 fully saturated rings. The second-order valence-corrected chi connectivity index (χ2v) is 5.64. The van der Waals surface area contributed by atoms with Gasteiger partial charge in [0.1, 0.15) is 0 Å². The number of nitrogens with zero attached hydrogens (tertiary/aromatic N) is 4. The minimum absolute atomic E-state index is 0.0394. The largest absolute Gasteiger partial charge is 0.374 e. The number of hydrogen-bond acceptors (Lipinski definition) is 4. The van der Waals surface area contributed by atoms with E-state index in [0.717, 1.165) is 4.68 Å². The van der Waals surface area contributed by atoms with Gasteiger partial charge in [-0.25, -0.2) is 14.3 Å². The van der Waals surface area contributed by atoms with Gasteiger partial charge in [0.25, 0.3) is 0 Å². The smallest absolute Gasteiger partial charge is 0.347 e. The fraction of sp³-hybridized carbons (Fsp3) is 0.727. The summed E-state index contributed by atoms with van der Waals surface area (Å²) in [6, 6.07) is -0.460. The maximum Gasteiger partial charge on any atom is 0.374 e. The van der Waals surface area contributed by atoms with Crippen molar-refractivity contribution in [3.05, 3.63) is 10.5 Å². The third-order valence-corrected chi connectivity index (χ3v) is 2.33. The molecule has 0 radical (unpaired) electrons. The van der Waals surface area contributed by atoms with E-state index in [4.69, 9.17) is 0 Å². The van der Waals surface area contributed by atoms with Crippen LogP contribution in [0.4, 0.5) is 10.7 Å². The first-order valence-electron chi connectivity index (χ1n) is 5.75. The summed E-state index contributed by atoms with van der Waals surface area (Å²) in [5.74, 6) is 0.436. The van der Waals surface area contributed by atoms with Crippen LogP contribution in [0.25, 0.3) is 0 Å². The number of carbonyl (C=O) groups is 1. The summed E-state index contributed by atoms with van der Waals surface area (Å²) in [5, 5.41) is 2.72. The van der Waals surface area contributed by atoms with Gasteiger partial charge in [-0.2, -0.15) is 4.98 Å². The highest BCUT2D eigenvalue weighted by molar-refractivity contribution is 5.75. The third kappa shape index (κ3) is 3.12. The van der Waals surface area contributed by atoms with E-state index in [9.17, 15) is 9.59 Å². The number of rotatable bonds is 2. The number of hydrogen-bond donors (Lipinski definition) is 1. The summed E-state index contributed by atoms with van der Waals surface area (Å²) in [5.41, 5.74) is -0.616. The molecular formula is C11H21N5O2. The summed E-state index contributed by atoms with van der Waals surface area (Å²) >= 11 is 0. The Morgan fingerprint density at radius 3 is 2.33 bits per heavy atom. The topological polar surface area (TPSA) is 72.2 Å². The van der Waals surface area contributed by atoms with E-state index < -0.39 is 11.7 Å². The van der Waals surface area contributed by atoms with Gasteiger partial charge in [0.15, 0.2) is 0 Å². The molecule has 0 aliphatic carbocycles. The van der Waals surface area contributed by atoms with Crippen molar-refractivity contribution in [2.75, 3.05) is 25.5 Å². The van der Waals surface area contributed by atoms with E-state index in [1.54, 1.807) is 26.0 Å². The number of nitrogens with one attached hydrogen (secondary N) is 1. The van der Waals surface area contributed by atoms with E-state index in [1.165, 1.54) is 4.68 Å². The number of aromatic nitrogens is 3. The minimum Gasteiger partial charge on any atom is -0.347 e. The standard InChI is InChI=1S/C11H21N5O2/c1-11(2,3)7-12-9(17)16-10(18)13-8(14(4)5)15(16)6/h7H2,1-6H3,(H,12,17). The maximum atomic E-state index is 11.9. The van der Waals surface area contributed by atoms with Gasteiger partial charge in [0, 0.05) is 27.7 Å². The summed E-state index contributed by atoms with van der Waals surface area (Å²) in [7, 11) is 5.15. The molecule has 0 saturated carbocycles. The zero-order chi connectivity index (χ0) is 14.1. The summed E-state index contributed by atoms with van der Waals surface area (Å²) in [6.07, 6.45) is 0. The molecule has 0 aromatic carbocycles. The first-order chi connectivity index (χ1) is 8.13. The van der Waals surface area contributed by atoms with Gasteiger partial charge in [-0.1, -0.05) is 20.8 Å². The highest BCUT2D eigenvalue weighted by Crippen LogP contribution is 2.10. The number of anilines is 1. The SMILES string of the molecule is CN(C)c1nc(=O)n(C(=O)NCC(C)(C)C)n1C. The molecule has 102 valence electrons. The van der Waals surface area contributed by atoms with Crippen molar-refractivity contribution in [3.8, 4) is 0 Å². The predicted molar refractivity (Wildman–Crippen MR) is 70.0 cm³/mol. The molecule has 0 saturated heterocycles. The zero-order valence-electron chi connectivity index (χ0n) is 11.8. The molecule has 0 aliphatic rings. The Hall–Kier alpha value is -1.79. The summed E-state index contributed by atoms with van der Waals surface area (Å²) < 4.78 is 2.42. The molecule has 7 heteroatoms. The van der Waals surface area contributed by atoms with Gasteiger partial charge >= 0.3 is 11.7 Å². The minimum atomic E-state index is -0.576. The zero-order valence-corrected chi connectivity index (χ0v) is 11.8. The molecule has 1 amide bonds. The lowest BCUT2D eigenvalue weighted by Gasteiger charge is -2.19. The van der Waals surface area contributed by atoms with E-state index in [2.05, 4.69) is 10.3 Å². The lowest BCUT2D eigenvalue weighted by atomic mass is 9.97. The fourth-order valence-electron chi connectivity index (χ4n) is 1.45. The van der Waals surface area contributed by atoms with Crippen LogP contribution in [0.1, 0.15) is 20.8 Å². The predicted octanol–water partition coefficient (Wildman–Crippen LogP) is 0.252. The molecule has 0 bridgehead atoms. The van der Waals surface area contributed by atoms with Crippen molar-refractivity contribution in [2.45, 2.75) is 20.8 Å². The van der Waals surface area contributed by atoms with Gasteiger partial charge in [-0.3, -0.25) is 0 Å². The average Bonchev–Trinajstić information content (AvgIpc) is 2.50. The number of carbonyl (C=O) groups excluding carboxylic acids is 1. The Labute approximate surface area is 106 Å². The van der Waals surface area contributed by atoms with Crippen LogP contribution in [-0.4, -0.2) is 41.0 Å². The molecule has 1 aromatic heterocycles. The molecule has 7 nitrogen and oxygen atoms in total. The summed E-state index contributed by atoms with van der Waals surface area (Å²) in [4.78, 5) is 29.1. The Morgan fingerprint density at radius 1 is 1.39 bits per heavy atom. The van der Waals surface area contributed by atoms with E-state index in [1.807, 2.05) is 20.8 Å². The lowest BCUT2D eigenvalue weighted by Crippen LogP contribution is -2.41. The fourth-order valence-corrected chi connectivity index (χ4v) is 1.45. The highest BCUT2D eigenvalue weighted by atomic mass is 16.2. The van der Waals surface area contributed by atoms with Crippen molar-refractivity contribution in [2.24, 2.45) is 12.5 Å². The average molecular weight is 255 g/mol. The lowest BCUT2D eigenvalue weighted by molar-refractivity contribution is 0.230. The molecule has 0 spiro atoms. The monoisotopic (exact) mass is 255 g/mol. The van der Waals surface area contributed by atoms with E-state index in [0.29, 0.717) is 12.5 Å². The van der Waals surface area contributed by atoms with Crippen LogP contribution < -0.4 is 15.9 Å². The van der Waals surface area contributed by atoms with Crippen LogP contribution in [0.15, 0.2) is 4.79 Å². The highest BCUT2D eigenvalue weighted by Gasteiger charge is 2.19. The Kier molecular flexibility index (Phi) is 3.83. The normalized spacial score (nSPS) is 11.4. The second kappa shape index (κ2) is 4.83. The van der Waals surface area contributed by atoms with Crippen molar-refractivity contribution >= 4 is 12.0 Å². The maximum absolute atomic E-state index is 11.9.